The molecular weight excluding hydrogens is 352 g/mol. The van der Waals surface area contributed by atoms with E-state index in [-0.39, 0.29) is 0 Å². The highest BCUT2D eigenvalue weighted by Crippen LogP contribution is 2.41. The van der Waals surface area contributed by atoms with Crippen molar-refractivity contribution in [3.8, 4) is 0 Å². The summed E-state index contributed by atoms with van der Waals surface area (Å²) in [7, 11) is 1.76. The summed E-state index contributed by atoms with van der Waals surface area (Å²) >= 11 is 0. The molecule has 0 amide bonds. The third-order valence-electron chi connectivity index (χ3n) is 7.47. The molecule has 2 aromatic carbocycles. The molecule has 0 atom stereocenters. The lowest BCUT2D eigenvalue weighted by atomic mass is 9.75. The monoisotopic (exact) mass is 388 g/mol. The highest BCUT2D eigenvalue weighted by Gasteiger charge is 2.24. The van der Waals surface area contributed by atoms with Gasteiger partial charge in [-0.15, -0.1) is 6.58 Å². The summed E-state index contributed by atoms with van der Waals surface area (Å²) in [5, 5.41) is 0. The van der Waals surface area contributed by atoms with Gasteiger partial charge in [0.2, 0.25) is 0 Å². The van der Waals surface area contributed by atoms with Crippen LogP contribution in [0.2, 0.25) is 0 Å². The Balaban J connectivity index is 1.31. The van der Waals surface area contributed by atoms with Gasteiger partial charge in [-0.3, -0.25) is 0 Å². The Morgan fingerprint density at radius 1 is 0.690 bits per heavy atom. The van der Waals surface area contributed by atoms with Crippen LogP contribution in [0.3, 0.4) is 0 Å². The maximum absolute atomic E-state index is 5.23. The van der Waals surface area contributed by atoms with E-state index in [2.05, 4.69) is 61.2 Å². The molecule has 0 radical (unpaired) electrons. The van der Waals surface area contributed by atoms with Crippen LogP contribution in [0.15, 0.2) is 61.2 Å². The summed E-state index contributed by atoms with van der Waals surface area (Å²) in [5.74, 6) is 2.97. The van der Waals surface area contributed by atoms with Crippen LogP contribution in [0.5, 0.6) is 0 Å². The summed E-state index contributed by atoms with van der Waals surface area (Å²) in [5.41, 5.74) is 5.89. The summed E-state index contributed by atoms with van der Waals surface area (Å²) in [6, 6.07) is 18.8. The molecule has 2 saturated carbocycles. The number of rotatable bonds is 6. The van der Waals surface area contributed by atoms with Crippen LogP contribution in [0, 0.1) is 5.92 Å². The largest absolute Gasteiger partial charge is 0.380 e. The van der Waals surface area contributed by atoms with Gasteiger partial charge in [0.1, 0.15) is 0 Å². The lowest BCUT2D eigenvalue weighted by Gasteiger charge is -2.30. The molecule has 2 aromatic rings. The standard InChI is InChI=1S/C28H36O/c1-3-21-4-8-23(9-5-21)25-12-16-27(17-13-25)28-18-14-26(15-19-28)24-10-6-22(7-11-24)20-29-2/h3,6-7,10-13,16-17,21,23,26,28H,1,4-5,8-9,14-15,18-20H2,2H3. The molecule has 0 aromatic heterocycles. The molecule has 0 bridgehead atoms. The topological polar surface area (TPSA) is 9.23 Å². The zero-order chi connectivity index (χ0) is 20.1. The first kappa shape index (κ1) is 20.4. The first-order valence-corrected chi connectivity index (χ1v) is 11.6. The number of hydrogen-bond acceptors (Lipinski definition) is 1. The fourth-order valence-corrected chi connectivity index (χ4v) is 5.54. The Bertz CT molecular complexity index is 757. The molecule has 0 unspecified atom stereocenters. The average Bonchev–Trinajstić information content (AvgIpc) is 2.80. The van der Waals surface area contributed by atoms with Gasteiger partial charge in [-0.1, -0.05) is 54.6 Å². The normalized spacial score (nSPS) is 27.5. The van der Waals surface area contributed by atoms with E-state index < -0.39 is 0 Å². The highest BCUT2D eigenvalue weighted by atomic mass is 16.5. The van der Waals surface area contributed by atoms with Crippen molar-refractivity contribution in [3.05, 3.63) is 83.4 Å². The number of allylic oxidation sites excluding steroid dienone is 1. The van der Waals surface area contributed by atoms with Crippen LogP contribution in [-0.2, 0) is 11.3 Å². The van der Waals surface area contributed by atoms with Crippen LogP contribution < -0.4 is 0 Å². The van der Waals surface area contributed by atoms with Crippen molar-refractivity contribution < 1.29 is 4.74 Å². The van der Waals surface area contributed by atoms with Crippen molar-refractivity contribution in [3.63, 3.8) is 0 Å². The summed E-state index contributed by atoms with van der Waals surface area (Å²) in [6.07, 6.45) is 12.7. The molecule has 2 fully saturated rings. The Morgan fingerprint density at radius 2 is 1.07 bits per heavy atom. The molecule has 1 heteroatoms. The van der Waals surface area contributed by atoms with E-state index in [9.17, 15) is 0 Å². The van der Waals surface area contributed by atoms with Crippen molar-refractivity contribution in [1.29, 1.82) is 0 Å². The summed E-state index contributed by atoms with van der Waals surface area (Å²) in [4.78, 5) is 0. The van der Waals surface area contributed by atoms with Crippen molar-refractivity contribution in [2.75, 3.05) is 7.11 Å². The summed E-state index contributed by atoms with van der Waals surface area (Å²) < 4.78 is 5.23. The number of hydrogen-bond donors (Lipinski definition) is 0. The van der Waals surface area contributed by atoms with Crippen LogP contribution in [0.4, 0.5) is 0 Å². The SMILES string of the molecule is C=CC1CCC(c2ccc(C3CCC(c4ccc(COC)cc4)CC3)cc2)CC1. The van der Waals surface area contributed by atoms with Gasteiger partial charge in [-0.25, -0.2) is 0 Å². The molecule has 0 saturated heterocycles. The van der Waals surface area contributed by atoms with E-state index in [4.69, 9.17) is 4.74 Å². The Labute approximate surface area is 177 Å². The maximum Gasteiger partial charge on any atom is 0.0713 e. The maximum atomic E-state index is 5.23. The lowest BCUT2D eigenvalue weighted by Crippen LogP contribution is -2.13. The second kappa shape index (κ2) is 9.76. The fraction of sp³-hybridized carbons (Fsp3) is 0.500. The Hall–Kier alpha value is -1.86. The molecular formula is C28H36O. The number of benzene rings is 2. The second-order valence-electron chi connectivity index (χ2n) is 9.24. The predicted molar refractivity (Wildman–Crippen MR) is 122 cm³/mol. The van der Waals surface area contributed by atoms with Crippen LogP contribution in [0.25, 0.3) is 0 Å². The van der Waals surface area contributed by atoms with Crippen LogP contribution in [-0.4, -0.2) is 7.11 Å². The predicted octanol–water partition coefficient (Wildman–Crippen LogP) is 7.73. The highest BCUT2D eigenvalue weighted by molar-refractivity contribution is 5.30. The minimum atomic E-state index is 0.707. The second-order valence-corrected chi connectivity index (χ2v) is 9.24. The van der Waals surface area contributed by atoms with E-state index >= 15 is 0 Å². The molecule has 0 heterocycles. The van der Waals surface area contributed by atoms with Crippen molar-refractivity contribution in [1.82, 2.24) is 0 Å². The quantitative estimate of drug-likeness (QED) is 0.460. The van der Waals surface area contributed by atoms with Gasteiger partial charge in [0.25, 0.3) is 0 Å². The Kier molecular flexibility index (Phi) is 6.87. The molecule has 0 aliphatic heterocycles. The third-order valence-corrected chi connectivity index (χ3v) is 7.47. The first-order valence-electron chi connectivity index (χ1n) is 11.6. The number of ether oxygens (including phenoxy) is 1. The van der Waals surface area contributed by atoms with E-state index in [0.717, 1.165) is 23.7 Å². The zero-order valence-electron chi connectivity index (χ0n) is 18.0. The van der Waals surface area contributed by atoms with Crippen LogP contribution >= 0.6 is 0 Å². The van der Waals surface area contributed by atoms with Gasteiger partial charge < -0.3 is 4.74 Å². The molecule has 154 valence electrons. The number of methoxy groups -OCH3 is 1. The smallest absolute Gasteiger partial charge is 0.0713 e. The molecule has 2 aliphatic carbocycles. The van der Waals surface area contributed by atoms with E-state index in [1.165, 1.54) is 62.5 Å². The van der Waals surface area contributed by atoms with Gasteiger partial charge in [-0.2, -0.15) is 0 Å². The minimum Gasteiger partial charge on any atom is -0.380 e. The summed E-state index contributed by atoms with van der Waals surface area (Å²) in [6.45, 7) is 4.68. The molecule has 0 N–H and O–H groups in total. The Morgan fingerprint density at radius 3 is 1.45 bits per heavy atom. The molecule has 4 rings (SSSR count). The van der Waals surface area contributed by atoms with Crippen molar-refractivity contribution in [2.24, 2.45) is 5.92 Å². The van der Waals surface area contributed by atoms with Gasteiger partial charge in [0, 0.05) is 7.11 Å². The van der Waals surface area contributed by atoms with Gasteiger partial charge in [0.15, 0.2) is 0 Å². The van der Waals surface area contributed by atoms with Crippen molar-refractivity contribution >= 4 is 0 Å². The fourth-order valence-electron chi connectivity index (χ4n) is 5.54. The van der Waals surface area contributed by atoms with Gasteiger partial charge >= 0.3 is 0 Å². The molecule has 0 spiro atoms. The molecule has 29 heavy (non-hydrogen) atoms. The molecule has 1 nitrogen and oxygen atoms in total. The van der Waals surface area contributed by atoms with Gasteiger partial charge in [0.05, 0.1) is 6.61 Å². The van der Waals surface area contributed by atoms with Gasteiger partial charge in [-0.05, 0) is 97.3 Å². The minimum absolute atomic E-state index is 0.707. The molecule has 2 aliphatic rings. The van der Waals surface area contributed by atoms with Crippen LogP contribution in [0.1, 0.15) is 91.4 Å². The lowest BCUT2D eigenvalue weighted by molar-refractivity contribution is 0.185. The third kappa shape index (κ3) is 5.01. The van der Waals surface area contributed by atoms with Crippen molar-refractivity contribution in [2.45, 2.75) is 75.7 Å². The first-order chi connectivity index (χ1) is 14.3. The average molecular weight is 389 g/mol. The van der Waals surface area contributed by atoms with E-state index in [0.29, 0.717) is 6.61 Å². The van der Waals surface area contributed by atoms with E-state index in [1.54, 1.807) is 18.2 Å². The van der Waals surface area contributed by atoms with E-state index in [1.807, 2.05) is 0 Å². The zero-order valence-corrected chi connectivity index (χ0v) is 18.0.